The van der Waals surface area contributed by atoms with Gasteiger partial charge in [0.25, 0.3) is 0 Å². The summed E-state index contributed by atoms with van der Waals surface area (Å²) in [4.78, 5) is 13.8. The van der Waals surface area contributed by atoms with Gasteiger partial charge in [-0.25, -0.2) is 0 Å². The van der Waals surface area contributed by atoms with E-state index in [9.17, 15) is 9.90 Å². The molecule has 0 radical (unpaired) electrons. The molecule has 0 amide bonds. The molecule has 2 aliphatic rings. The summed E-state index contributed by atoms with van der Waals surface area (Å²) in [7, 11) is 0. The van der Waals surface area contributed by atoms with Crippen LogP contribution in [0.1, 0.15) is 46.0 Å². The largest absolute Gasteiger partial charge is 0.481 e. The van der Waals surface area contributed by atoms with Crippen molar-refractivity contribution in [3.05, 3.63) is 0 Å². The molecule has 3 atom stereocenters. The zero-order chi connectivity index (χ0) is 12.4. The van der Waals surface area contributed by atoms with E-state index in [0.717, 1.165) is 44.2 Å². The van der Waals surface area contributed by atoms with Crippen LogP contribution in [0.25, 0.3) is 0 Å². The number of carbonyl (C=O) groups is 1. The number of hydrogen-bond acceptors (Lipinski definition) is 2. The Balaban J connectivity index is 1.98. The zero-order valence-electron chi connectivity index (χ0n) is 11.1. The second kappa shape index (κ2) is 5.38. The van der Waals surface area contributed by atoms with Crippen molar-refractivity contribution in [2.45, 2.75) is 52.0 Å². The highest BCUT2D eigenvalue weighted by atomic mass is 16.4. The Morgan fingerprint density at radius 2 is 1.94 bits per heavy atom. The van der Waals surface area contributed by atoms with Crippen molar-refractivity contribution in [1.29, 1.82) is 0 Å². The second-order valence-electron chi connectivity index (χ2n) is 6.08. The Morgan fingerprint density at radius 1 is 1.24 bits per heavy atom. The number of carboxylic acids is 1. The van der Waals surface area contributed by atoms with Crippen LogP contribution in [-0.2, 0) is 4.79 Å². The molecule has 1 saturated heterocycles. The van der Waals surface area contributed by atoms with E-state index in [0.29, 0.717) is 6.04 Å². The Labute approximate surface area is 104 Å². The monoisotopic (exact) mass is 239 g/mol. The van der Waals surface area contributed by atoms with Gasteiger partial charge in [-0.1, -0.05) is 26.7 Å². The van der Waals surface area contributed by atoms with E-state index in [1.807, 2.05) is 0 Å². The van der Waals surface area contributed by atoms with Crippen molar-refractivity contribution in [3.8, 4) is 0 Å². The molecule has 0 spiro atoms. The molecular formula is C14H25NO2. The predicted molar refractivity (Wildman–Crippen MR) is 67.9 cm³/mol. The normalized spacial score (nSPS) is 35.4. The Kier molecular flexibility index (Phi) is 4.08. The maximum absolute atomic E-state index is 11.3. The molecule has 0 bridgehead atoms. The summed E-state index contributed by atoms with van der Waals surface area (Å²) in [6, 6.07) is 0.310. The minimum atomic E-state index is -0.581. The molecule has 1 heterocycles. The van der Waals surface area contributed by atoms with E-state index in [2.05, 4.69) is 18.7 Å². The first-order chi connectivity index (χ1) is 8.09. The highest BCUT2D eigenvalue weighted by molar-refractivity contribution is 5.71. The quantitative estimate of drug-likeness (QED) is 0.823. The van der Waals surface area contributed by atoms with E-state index in [4.69, 9.17) is 0 Å². The summed E-state index contributed by atoms with van der Waals surface area (Å²) in [5, 5.41) is 9.32. The van der Waals surface area contributed by atoms with Gasteiger partial charge in [0, 0.05) is 12.6 Å². The minimum absolute atomic E-state index is 0.116. The molecule has 1 aliphatic heterocycles. The Hall–Kier alpha value is -0.570. The molecule has 2 rings (SSSR count). The Bertz CT molecular complexity index is 277. The average molecular weight is 239 g/mol. The van der Waals surface area contributed by atoms with Crippen LogP contribution in [0.5, 0.6) is 0 Å². The van der Waals surface area contributed by atoms with Crippen molar-refractivity contribution in [1.82, 2.24) is 4.90 Å². The van der Waals surface area contributed by atoms with Gasteiger partial charge in [-0.05, 0) is 37.6 Å². The fourth-order valence-electron chi connectivity index (χ4n) is 3.50. The van der Waals surface area contributed by atoms with Crippen molar-refractivity contribution in [2.24, 2.45) is 17.8 Å². The fourth-order valence-corrected chi connectivity index (χ4v) is 3.50. The van der Waals surface area contributed by atoms with Crippen LogP contribution in [0.3, 0.4) is 0 Å². The van der Waals surface area contributed by atoms with Gasteiger partial charge in [-0.3, -0.25) is 9.69 Å². The lowest BCUT2D eigenvalue weighted by atomic mass is 9.83. The van der Waals surface area contributed by atoms with Gasteiger partial charge in [0.1, 0.15) is 0 Å². The van der Waals surface area contributed by atoms with E-state index in [1.165, 1.54) is 12.8 Å². The first-order valence-electron chi connectivity index (χ1n) is 7.06. The zero-order valence-corrected chi connectivity index (χ0v) is 11.1. The van der Waals surface area contributed by atoms with Crippen LogP contribution in [0.4, 0.5) is 0 Å². The lowest BCUT2D eigenvalue weighted by Crippen LogP contribution is -2.44. The first-order valence-corrected chi connectivity index (χ1v) is 7.06. The summed E-state index contributed by atoms with van der Waals surface area (Å²) < 4.78 is 0. The summed E-state index contributed by atoms with van der Waals surface area (Å²) in [6.45, 7) is 6.79. The SMILES string of the molecule is CC(C)C1CCN(C2CCCCC2C(=O)O)C1. The van der Waals surface area contributed by atoms with Gasteiger partial charge < -0.3 is 5.11 Å². The van der Waals surface area contributed by atoms with Crippen LogP contribution < -0.4 is 0 Å². The number of carboxylic acid groups (broad SMARTS) is 1. The number of likely N-dealkylation sites (tertiary alicyclic amines) is 1. The van der Waals surface area contributed by atoms with Crippen molar-refractivity contribution >= 4 is 5.97 Å². The molecule has 3 heteroatoms. The van der Waals surface area contributed by atoms with Crippen LogP contribution in [0.2, 0.25) is 0 Å². The third-order valence-electron chi connectivity index (χ3n) is 4.71. The van der Waals surface area contributed by atoms with Crippen LogP contribution >= 0.6 is 0 Å². The van der Waals surface area contributed by atoms with E-state index < -0.39 is 5.97 Å². The molecule has 98 valence electrons. The van der Waals surface area contributed by atoms with Crippen LogP contribution in [-0.4, -0.2) is 35.1 Å². The molecule has 0 aromatic carbocycles. The maximum atomic E-state index is 11.3. The summed E-state index contributed by atoms with van der Waals surface area (Å²) >= 11 is 0. The summed E-state index contributed by atoms with van der Waals surface area (Å²) in [6.07, 6.45) is 5.51. The number of nitrogens with zero attached hydrogens (tertiary/aromatic N) is 1. The van der Waals surface area contributed by atoms with Crippen molar-refractivity contribution in [3.63, 3.8) is 0 Å². The average Bonchev–Trinajstić information content (AvgIpc) is 2.78. The highest BCUT2D eigenvalue weighted by Crippen LogP contribution is 2.33. The smallest absolute Gasteiger partial charge is 0.308 e. The molecule has 1 aliphatic carbocycles. The molecule has 0 aromatic heterocycles. The lowest BCUT2D eigenvalue weighted by molar-refractivity contribution is -0.145. The molecule has 1 saturated carbocycles. The Morgan fingerprint density at radius 3 is 2.53 bits per heavy atom. The van der Waals surface area contributed by atoms with Gasteiger partial charge in [-0.2, -0.15) is 0 Å². The molecule has 1 N–H and O–H groups in total. The third kappa shape index (κ3) is 2.82. The van der Waals surface area contributed by atoms with Gasteiger partial charge in [-0.15, -0.1) is 0 Å². The van der Waals surface area contributed by atoms with Gasteiger partial charge in [0.2, 0.25) is 0 Å². The van der Waals surface area contributed by atoms with Gasteiger partial charge in [0.15, 0.2) is 0 Å². The minimum Gasteiger partial charge on any atom is -0.481 e. The summed E-state index contributed by atoms with van der Waals surface area (Å²) in [5.74, 6) is 0.801. The molecule has 3 unspecified atom stereocenters. The molecule has 0 aromatic rings. The van der Waals surface area contributed by atoms with Crippen LogP contribution in [0, 0.1) is 17.8 Å². The maximum Gasteiger partial charge on any atom is 0.308 e. The summed E-state index contributed by atoms with van der Waals surface area (Å²) in [5.41, 5.74) is 0. The van der Waals surface area contributed by atoms with Gasteiger partial charge >= 0.3 is 5.97 Å². The van der Waals surface area contributed by atoms with Crippen molar-refractivity contribution in [2.75, 3.05) is 13.1 Å². The van der Waals surface area contributed by atoms with E-state index in [1.54, 1.807) is 0 Å². The number of rotatable bonds is 3. The molecule has 17 heavy (non-hydrogen) atoms. The third-order valence-corrected chi connectivity index (χ3v) is 4.71. The first kappa shape index (κ1) is 12.9. The lowest BCUT2D eigenvalue weighted by Gasteiger charge is -2.36. The van der Waals surface area contributed by atoms with E-state index in [-0.39, 0.29) is 5.92 Å². The van der Waals surface area contributed by atoms with Gasteiger partial charge in [0.05, 0.1) is 5.92 Å². The fraction of sp³-hybridized carbons (Fsp3) is 0.929. The number of aliphatic carboxylic acids is 1. The molecule has 2 fully saturated rings. The standard InChI is InChI=1S/C14H25NO2/c1-10(2)11-7-8-15(9-11)13-6-4-3-5-12(13)14(16)17/h10-13H,3-9H2,1-2H3,(H,16,17). The molecular weight excluding hydrogens is 214 g/mol. The number of hydrogen-bond donors (Lipinski definition) is 1. The van der Waals surface area contributed by atoms with Crippen LogP contribution in [0.15, 0.2) is 0 Å². The van der Waals surface area contributed by atoms with E-state index >= 15 is 0 Å². The second-order valence-corrected chi connectivity index (χ2v) is 6.08. The predicted octanol–water partition coefficient (Wildman–Crippen LogP) is 2.61. The topological polar surface area (TPSA) is 40.5 Å². The highest BCUT2D eigenvalue weighted by Gasteiger charge is 2.38. The van der Waals surface area contributed by atoms with Crippen molar-refractivity contribution < 1.29 is 9.90 Å². The molecule has 3 nitrogen and oxygen atoms in total.